The van der Waals surface area contributed by atoms with Gasteiger partial charge in [0, 0.05) is 12.1 Å². The molecule has 1 nitrogen and oxygen atoms in total. The second-order valence-corrected chi connectivity index (χ2v) is 5.55. The van der Waals surface area contributed by atoms with Gasteiger partial charge in [0.2, 0.25) is 0 Å². The van der Waals surface area contributed by atoms with Crippen molar-refractivity contribution in [1.82, 2.24) is 0 Å². The van der Waals surface area contributed by atoms with Gasteiger partial charge in [-0.3, -0.25) is 0 Å². The van der Waals surface area contributed by atoms with Crippen LogP contribution in [0.25, 0.3) is 0 Å². The maximum absolute atomic E-state index is 13.7. The van der Waals surface area contributed by atoms with E-state index >= 15 is 0 Å². The molecule has 1 N–H and O–H groups in total. The number of hydrogen-bond acceptors (Lipinski definition) is 1. The summed E-state index contributed by atoms with van der Waals surface area (Å²) >= 11 is 8.90. The SMILES string of the molecule is CC(Nc1c(F)cc(F)cc1Cl)c1ccc(F)c(Br)c1. The summed E-state index contributed by atoms with van der Waals surface area (Å²) in [5.74, 6) is -1.90. The Morgan fingerprint density at radius 1 is 1.10 bits per heavy atom. The predicted octanol–water partition coefficient (Wildman–Crippen LogP) is 5.69. The summed E-state index contributed by atoms with van der Waals surface area (Å²) in [5.41, 5.74) is 0.749. The minimum Gasteiger partial charge on any atom is -0.375 e. The van der Waals surface area contributed by atoms with Crippen LogP contribution < -0.4 is 5.32 Å². The molecule has 2 rings (SSSR count). The van der Waals surface area contributed by atoms with Gasteiger partial charge < -0.3 is 5.32 Å². The monoisotopic (exact) mass is 363 g/mol. The van der Waals surface area contributed by atoms with E-state index in [0.29, 0.717) is 4.47 Å². The molecule has 0 aromatic heterocycles. The van der Waals surface area contributed by atoms with Gasteiger partial charge in [-0.2, -0.15) is 0 Å². The third-order valence-corrected chi connectivity index (χ3v) is 3.72. The zero-order valence-electron chi connectivity index (χ0n) is 10.4. The highest BCUT2D eigenvalue weighted by molar-refractivity contribution is 9.10. The first kappa shape index (κ1) is 15.2. The predicted molar refractivity (Wildman–Crippen MR) is 77.5 cm³/mol. The van der Waals surface area contributed by atoms with Crippen molar-refractivity contribution in [2.24, 2.45) is 0 Å². The van der Waals surface area contributed by atoms with Gasteiger partial charge in [0.05, 0.1) is 15.2 Å². The smallest absolute Gasteiger partial charge is 0.150 e. The molecule has 106 valence electrons. The summed E-state index contributed by atoms with van der Waals surface area (Å²) in [6, 6.07) is 5.92. The van der Waals surface area contributed by atoms with Crippen molar-refractivity contribution in [3.63, 3.8) is 0 Å². The highest BCUT2D eigenvalue weighted by Crippen LogP contribution is 2.30. The largest absolute Gasteiger partial charge is 0.375 e. The fourth-order valence-corrected chi connectivity index (χ4v) is 2.41. The molecule has 0 aliphatic carbocycles. The lowest BCUT2D eigenvalue weighted by Crippen LogP contribution is -2.09. The lowest BCUT2D eigenvalue weighted by molar-refractivity contribution is 0.583. The Morgan fingerprint density at radius 2 is 1.80 bits per heavy atom. The molecule has 1 unspecified atom stereocenters. The van der Waals surface area contributed by atoms with Crippen LogP contribution in [0.15, 0.2) is 34.8 Å². The average Bonchev–Trinajstić information content (AvgIpc) is 2.36. The number of nitrogens with one attached hydrogen (secondary N) is 1. The standard InChI is InChI=1S/C14H10BrClF3N/c1-7(8-2-3-12(18)10(15)4-8)20-14-11(16)5-9(17)6-13(14)19/h2-7,20H,1H3. The van der Waals surface area contributed by atoms with Crippen LogP contribution in [0, 0.1) is 17.5 Å². The van der Waals surface area contributed by atoms with E-state index in [1.165, 1.54) is 6.07 Å². The van der Waals surface area contributed by atoms with E-state index in [0.717, 1.165) is 17.7 Å². The van der Waals surface area contributed by atoms with Gasteiger partial charge in [0.25, 0.3) is 0 Å². The summed E-state index contributed by atoms with van der Waals surface area (Å²) in [5, 5.41) is 2.81. The average molecular weight is 365 g/mol. The van der Waals surface area contributed by atoms with Crippen LogP contribution in [-0.4, -0.2) is 0 Å². The van der Waals surface area contributed by atoms with Gasteiger partial charge in [0.1, 0.15) is 11.6 Å². The Hall–Kier alpha value is -1.20. The van der Waals surface area contributed by atoms with Crippen molar-refractivity contribution < 1.29 is 13.2 Å². The molecule has 0 aliphatic rings. The Balaban J connectivity index is 2.27. The maximum Gasteiger partial charge on any atom is 0.150 e. The first-order valence-corrected chi connectivity index (χ1v) is 6.91. The minimum absolute atomic E-state index is 0.0148. The molecule has 2 aromatic rings. The van der Waals surface area contributed by atoms with Crippen LogP contribution in [0.2, 0.25) is 5.02 Å². The molecule has 6 heteroatoms. The Morgan fingerprint density at radius 3 is 2.40 bits per heavy atom. The molecule has 0 spiro atoms. The van der Waals surface area contributed by atoms with Crippen LogP contribution in [-0.2, 0) is 0 Å². The van der Waals surface area contributed by atoms with Crippen LogP contribution in [0.4, 0.5) is 18.9 Å². The van der Waals surface area contributed by atoms with Crippen molar-refractivity contribution in [3.05, 3.63) is 62.8 Å². The summed E-state index contributed by atoms with van der Waals surface area (Å²) < 4.78 is 40.1. The second-order valence-electron chi connectivity index (χ2n) is 4.28. The molecule has 1 atom stereocenters. The molecule has 0 radical (unpaired) electrons. The van der Waals surface area contributed by atoms with E-state index in [9.17, 15) is 13.2 Å². The van der Waals surface area contributed by atoms with Crippen LogP contribution in [0.5, 0.6) is 0 Å². The zero-order valence-corrected chi connectivity index (χ0v) is 12.7. The van der Waals surface area contributed by atoms with Crippen molar-refractivity contribution in [3.8, 4) is 0 Å². The summed E-state index contributed by atoms with van der Waals surface area (Å²) in [7, 11) is 0. The summed E-state index contributed by atoms with van der Waals surface area (Å²) in [6.45, 7) is 1.76. The van der Waals surface area contributed by atoms with Crippen molar-refractivity contribution in [2.45, 2.75) is 13.0 Å². The van der Waals surface area contributed by atoms with E-state index in [-0.39, 0.29) is 22.6 Å². The molecule has 0 saturated heterocycles. The normalized spacial score (nSPS) is 12.3. The highest BCUT2D eigenvalue weighted by Gasteiger charge is 2.14. The molecule has 20 heavy (non-hydrogen) atoms. The molecule has 2 aromatic carbocycles. The maximum atomic E-state index is 13.7. The molecular formula is C14H10BrClF3N. The van der Waals surface area contributed by atoms with E-state index < -0.39 is 11.6 Å². The molecule has 0 bridgehead atoms. The van der Waals surface area contributed by atoms with Gasteiger partial charge in [-0.25, -0.2) is 13.2 Å². The number of rotatable bonds is 3. The molecule has 0 heterocycles. The van der Waals surface area contributed by atoms with E-state index in [4.69, 9.17) is 11.6 Å². The van der Waals surface area contributed by atoms with Gasteiger partial charge in [-0.15, -0.1) is 0 Å². The number of anilines is 1. The van der Waals surface area contributed by atoms with E-state index in [1.807, 2.05) is 0 Å². The third kappa shape index (κ3) is 3.27. The second kappa shape index (κ2) is 6.06. The summed E-state index contributed by atoms with van der Waals surface area (Å²) in [4.78, 5) is 0. The lowest BCUT2D eigenvalue weighted by Gasteiger charge is -2.18. The zero-order chi connectivity index (χ0) is 14.9. The Bertz CT molecular complexity index is 625. The van der Waals surface area contributed by atoms with E-state index in [1.54, 1.807) is 19.1 Å². The third-order valence-electron chi connectivity index (χ3n) is 2.81. The topological polar surface area (TPSA) is 12.0 Å². The molecule has 0 aliphatic heterocycles. The van der Waals surface area contributed by atoms with Gasteiger partial charge >= 0.3 is 0 Å². The highest BCUT2D eigenvalue weighted by atomic mass is 79.9. The molecule has 0 fully saturated rings. The molecule has 0 saturated carbocycles. The quantitative estimate of drug-likeness (QED) is 0.737. The van der Waals surface area contributed by atoms with Crippen molar-refractivity contribution in [2.75, 3.05) is 5.32 Å². The van der Waals surface area contributed by atoms with Crippen LogP contribution >= 0.6 is 27.5 Å². The van der Waals surface area contributed by atoms with Crippen LogP contribution in [0.3, 0.4) is 0 Å². The number of benzene rings is 2. The fourth-order valence-electron chi connectivity index (χ4n) is 1.76. The van der Waals surface area contributed by atoms with Gasteiger partial charge in [0.15, 0.2) is 5.82 Å². The Labute approximate surface area is 127 Å². The molecule has 0 amide bonds. The fraction of sp³-hybridized carbons (Fsp3) is 0.143. The van der Waals surface area contributed by atoms with Gasteiger partial charge in [-0.05, 0) is 46.6 Å². The van der Waals surface area contributed by atoms with Crippen LogP contribution in [0.1, 0.15) is 18.5 Å². The lowest BCUT2D eigenvalue weighted by atomic mass is 10.1. The van der Waals surface area contributed by atoms with Crippen molar-refractivity contribution >= 4 is 33.2 Å². The van der Waals surface area contributed by atoms with Crippen molar-refractivity contribution in [1.29, 1.82) is 0 Å². The summed E-state index contributed by atoms with van der Waals surface area (Å²) in [6.07, 6.45) is 0. The molecular weight excluding hydrogens is 355 g/mol. The Kier molecular flexibility index (Phi) is 4.60. The first-order chi connectivity index (χ1) is 9.38. The number of halogens is 5. The van der Waals surface area contributed by atoms with Gasteiger partial charge in [-0.1, -0.05) is 17.7 Å². The first-order valence-electron chi connectivity index (χ1n) is 5.74. The van der Waals surface area contributed by atoms with E-state index in [2.05, 4.69) is 21.2 Å². The minimum atomic E-state index is -0.775. The number of hydrogen-bond donors (Lipinski definition) is 1.